The van der Waals surface area contributed by atoms with Crippen LogP contribution in [0.3, 0.4) is 0 Å². The molecule has 2 unspecified atom stereocenters. The predicted octanol–water partition coefficient (Wildman–Crippen LogP) is 2.23. The van der Waals surface area contributed by atoms with E-state index < -0.39 is 6.09 Å². The van der Waals surface area contributed by atoms with Crippen LogP contribution in [0.25, 0.3) is 0 Å². The van der Waals surface area contributed by atoms with Crippen LogP contribution in [-0.2, 0) is 11.3 Å². The molecule has 2 saturated heterocycles. The molecule has 2 atom stereocenters. The van der Waals surface area contributed by atoms with Gasteiger partial charge in [-0.1, -0.05) is 30.3 Å². The summed E-state index contributed by atoms with van der Waals surface area (Å²) >= 11 is 0. The van der Waals surface area contributed by atoms with Crippen LogP contribution in [0.5, 0.6) is 0 Å². The summed E-state index contributed by atoms with van der Waals surface area (Å²) in [4.78, 5) is 15.1. The molecule has 0 aliphatic carbocycles. The smallest absolute Gasteiger partial charge is 0.407 e. The van der Waals surface area contributed by atoms with E-state index in [9.17, 15) is 9.90 Å². The minimum absolute atomic E-state index is 0.227. The Balaban J connectivity index is 1.82. The summed E-state index contributed by atoms with van der Waals surface area (Å²) in [7, 11) is 0. The fraction of sp³-hybridized carbons (Fsp3) is 0.562. The highest BCUT2D eigenvalue weighted by Gasteiger charge is 2.48. The molecule has 0 radical (unpaired) electrons. The lowest BCUT2D eigenvalue weighted by atomic mass is 9.96. The number of carboxylic acid groups (broad SMARTS) is 1. The second-order valence-corrected chi connectivity index (χ2v) is 6.39. The highest BCUT2D eigenvalue weighted by Crippen LogP contribution is 2.35. The van der Waals surface area contributed by atoms with Crippen molar-refractivity contribution in [3.8, 4) is 0 Å². The van der Waals surface area contributed by atoms with Crippen LogP contribution < -0.4 is 0 Å². The van der Waals surface area contributed by atoms with Gasteiger partial charge in [-0.05, 0) is 19.4 Å². The Hall–Kier alpha value is -1.59. The van der Waals surface area contributed by atoms with Crippen LogP contribution in [0.1, 0.15) is 19.4 Å². The van der Waals surface area contributed by atoms with E-state index >= 15 is 0 Å². The van der Waals surface area contributed by atoms with Gasteiger partial charge >= 0.3 is 6.09 Å². The van der Waals surface area contributed by atoms with E-state index in [1.54, 1.807) is 0 Å². The molecule has 2 aliphatic rings. The molecule has 1 aromatic carbocycles. The molecule has 0 spiro atoms. The van der Waals surface area contributed by atoms with Crippen LogP contribution in [-0.4, -0.2) is 52.5 Å². The largest absolute Gasteiger partial charge is 0.465 e. The summed E-state index contributed by atoms with van der Waals surface area (Å²) in [6, 6.07) is 10.5. The van der Waals surface area contributed by atoms with Crippen LogP contribution in [0, 0.1) is 5.92 Å². The minimum Gasteiger partial charge on any atom is -0.465 e. The first-order chi connectivity index (χ1) is 9.97. The third kappa shape index (κ3) is 2.76. The van der Waals surface area contributed by atoms with E-state index in [2.05, 4.69) is 30.9 Å². The zero-order chi connectivity index (χ0) is 15.0. The Morgan fingerprint density at radius 1 is 1.33 bits per heavy atom. The van der Waals surface area contributed by atoms with Crippen molar-refractivity contribution in [3.63, 3.8) is 0 Å². The zero-order valence-corrected chi connectivity index (χ0v) is 12.5. The summed E-state index contributed by atoms with van der Waals surface area (Å²) in [5.74, 6) is 0.262. The lowest BCUT2D eigenvalue weighted by Gasteiger charge is -2.48. The second kappa shape index (κ2) is 5.31. The fourth-order valence-corrected chi connectivity index (χ4v) is 3.41. The molecule has 2 heterocycles. The van der Waals surface area contributed by atoms with Crippen molar-refractivity contribution >= 4 is 6.09 Å². The number of benzene rings is 1. The maximum atomic E-state index is 11.2. The van der Waals surface area contributed by atoms with Crippen molar-refractivity contribution in [2.45, 2.75) is 32.2 Å². The van der Waals surface area contributed by atoms with Crippen molar-refractivity contribution < 1.29 is 14.6 Å². The predicted molar refractivity (Wildman–Crippen MR) is 78.9 cm³/mol. The zero-order valence-electron chi connectivity index (χ0n) is 12.5. The lowest BCUT2D eigenvalue weighted by molar-refractivity contribution is -0.202. The summed E-state index contributed by atoms with van der Waals surface area (Å²) in [5, 5.41) is 9.23. The van der Waals surface area contributed by atoms with E-state index in [-0.39, 0.29) is 17.7 Å². The Morgan fingerprint density at radius 2 is 2.05 bits per heavy atom. The Bertz CT molecular complexity index is 518. The summed E-state index contributed by atoms with van der Waals surface area (Å²) in [5.41, 5.74) is 0.856. The number of carbonyl (C=O) groups is 1. The lowest BCUT2D eigenvalue weighted by Crippen LogP contribution is -2.59. The van der Waals surface area contributed by atoms with Gasteiger partial charge < -0.3 is 14.7 Å². The highest BCUT2D eigenvalue weighted by molar-refractivity contribution is 5.65. The quantitative estimate of drug-likeness (QED) is 0.907. The summed E-state index contributed by atoms with van der Waals surface area (Å²) in [6.45, 7) is 6.68. The molecule has 0 saturated carbocycles. The molecule has 2 fully saturated rings. The monoisotopic (exact) mass is 290 g/mol. The van der Waals surface area contributed by atoms with Crippen LogP contribution in [0.2, 0.25) is 0 Å². The van der Waals surface area contributed by atoms with Gasteiger partial charge in [0.1, 0.15) is 5.72 Å². The van der Waals surface area contributed by atoms with E-state index in [4.69, 9.17) is 4.74 Å². The number of ether oxygens (including phenoxy) is 1. The fourth-order valence-electron chi connectivity index (χ4n) is 3.41. The van der Waals surface area contributed by atoms with Crippen LogP contribution in [0.15, 0.2) is 30.3 Å². The van der Waals surface area contributed by atoms with Gasteiger partial charge in [0.25, 0.3) is 0 Å². The second-order valence-electron chi connectivity index (χ2n) is 6.39. The topological polar surface area (TPSA) is 53.0 Å². The van der Waals surface area contributed by atoms with Crippen molar-refractivity contribution in [2.75, 3.05) is 19.7 Å². The first-order valence-corrected chi connectivity index (χ1v) is 7.40. The number of hydrogen-bond donors (Lipinski definition) is 1. The highest BCUT2D eigenvalue weighted by atomic mass is 16.5. The molecule has 21 heavy (non-hydrogen) atoms. The van der Waals surface area contributed by atoms with Gasteiger partial charge in [0.15, 0.2) is 0 Å². The molecule has 1 N–H and O–H groups in total. The molecule has 2 aliphatic heterocycles. The molecule has 114 valence electrons. The minimum atomic E-state index is -0.832. The average molecular weight is 290 g/mol. The van der Waals surface area contributed by atoms with Crippen molar-refractivity contribution in [2.24, 2.45) is 5.92 Å². The summed E-state index contributed by atoms with van der Waals surface area (Å²) in [6.07, 6.45) is -0.832. The van der Waals surface area contributed by atoms with Crippen molar-refractivity contribution in [3.05, 3.63) is 35.9 Å². The van der Waals surface area contributed by atoms with E-state index in [0.717, 1.165) is 6.54 Å². The molecule has 5 heteroatoms. The van der Waals surface area contributed by atoms with Gasteiger partial charge in [0.2, 0.25) is 0 Å². The van der Waals surface area contributed by atoms with Gasteiger partial charge in [-0.25, -0.2) is 4.79 Å². The number of likely N-dealkylation sites (tertiary alicyclic amines) is 1. The van der Waals surface area contributed by atoms with E-state index in [1.165, 1.54) is 10.5 Å². The number of rotatable bonds is 2. The number of fused-ring (bicyclic) bond motifs is 1. The Labute approximate surface area is 125 Å². The molecular weight excluding hydrogens is 268 g/mol. The third-order valence-corrected chi connectivity index (χ3v) is 4.62. The molecule has 0 bridgehead atoms. The van der Waals surface area contributed by atoms with Gasteiger partial charge in [-0.15, -0.1) is 0 Å². The molecular formula is C16H22N2O3. The van der Waals surface area contributed by atoms with E-state index in [0.29, 0.717) is 19.7 Å². The molecule has 1 amide bonds. The van der Waals surface area contributed by atoms with Gasteiger partial charge in [0, 0.05) is 31.6 Å². The normalized spacial score (nSPS) is 28.4. The van der Waals surface area contributed by atoms with Crippen LogP contribution >= 0.6 is 0 Å². The molecule has 0 aromatic heterocycles. The first-order valence-electron chi connectivity index (χ1n) is 7.40. The Kier molecular flexibility index (Phi) is 3.63. The number of amides is 1. The Morgan fingerprint density at radius 3 is 2.71 bits per heavy atom. The maximum Gasteiger partial charge on any atom is 0.407 e. The molecule has 3 rings (SSSR count). The third-order valence-electron chi connectivity index (χ3n) is 4.62. The molecule has 5 nitrogen and oxygen atoms in total. The number of hydrogen-bond acceptors (Lipinski definition) is 3. The SMILES string of the molecule is CC1(C)OCC2CN(C(=O)O)CC2N1Cc1ccccc1. The van der Waals surface area contributed by atoms with Crippen molar-refractivity contribution in [1.29, 1.82) is 0 Å². The van der Waals surface area contributed by atoms with E-state index in [1.807, 2.05) is 18.2 Å². The average Bonchev–Trinajstić information content (AvgIpc) is 2.88. The first kappa shape index (κ1) is 14.4. The van der Waals surface area contributed by atoms with Crippen molar-refractivity contribution in [1.82, 2.24) is 9.80 Å². The summed E-state index contributed by atoms with van der Waals surface area (Å²) < 4.78 is 6.00. The molecule has 1 aromatic rings. The number of nitrogens with zero attached hydrogens (tertiary/aromatic N) is 2. The van der Waals surface area contributed by atoms with Gasteiger partial charge in [-0.3, -0.25) is 4.90 Å². The van der Waals surface area contributed by atoms with Crippen LogP contribution in [0.4, 0.5) is 4.79 Å². The standard InChI is InChI=1S/C16H22N2O3/c1-16(2)18(8-12-6-4-3-5-7-12)14-10-17(15(19)20)9-13(14)11-21-16/h3-7,13-14H,8-11H2,1-2H3,(H,19,20). The van der Waals surface area contributed by atoms with Gasteiger partial charge in [0.05, 0.1) is 6.61 Å². The van der Waals surface area contributed by atoms with Gasteiger partial charge in [-0.2, -0.15) is 0 Å². The maximum absolute atomic E-state index is 11.2.